The minimum atomic E-state index is -0.477. The molecular formula is C11H19N3O4. The van der Waals surface area contributed by atoms with E-state index in [1.807, 2.05) is 0 Å². The van der Waals surface area contributed by atoms with Crippen molar-refractivity contribution in [1.29, 1.82) is 0 Å². The number of piperidine rings is 1. The summed E-state index contributed by atoms with van der Waals surface area (Å²) >= 11 is 0. The molecule has 18 heavy (non-hydrogen) atoms. The molecule has 0 aliphatic carbocycles. The summed E-state index contributed by atoms with van der Waals surface area (Å²) in [6, 6.07) is -0.367. The van der Waals surface area contributed by atoms with Crippen molar-refractivity contribution in [2.75, 3.05) is 26.2 Å². The highest BCUT2D eigenvalue weighted by Gasteiger charge is 2.26. The van der Waals surface area contributed by atoms with Crippen molar-refractivity contribution in [2.45, 2.75) is 19.8 Å². The molecule has 1 aliphatic heterocycles. The van der Waals surface area contributed by atoms with Gasteiger partial charge in [0.2, 0.25) is 5.91 Å². The van der Waals surface area contributed by atoms with Crippen molar-refractivity contribution >= 4 is 17.9 Å². The summed E-state index contributed by atoms with van der Waals surface area (Å²) in [5.74, 6) is -1.17. The molecule has 3 N–H and O–H groups in total. The van der Waals surface area contributed by atoms with Gasteiger partial charge < -0.3 is 20.7 Å². The van der Waals surface area contributed by atoms with Crippen molar-refractivity contribution in [3.05, 3.63) is 0 Å². The molecule has 1 aliphatic rings. The number of nitrogens with two attached hydrogens (primary N) is 1. The molecule has 1 saturated heterocycles. The van der Waals surface area contributed by atoms with E-state index in [1.54, 1.807) is 6.92 Å². The van der Waals surface area contributed by atoms with E-state index in [0.717, 1.165) is 6.42 Å². The molecule has 0 aromatic rings. The third kappa shape index (κ3) is 4.23. The first kappa shape index (κ1) is 14.3. The average Bonchev–Trinajstić information content (AvgIpc) is 2.36. The molecule has 0 bridgehead atoms. The zero-order valence-corrected chi connectivity index (χ0v) is 10.5. The molecular weight excluding hydrogens is 238 g/mol. The van der Waals surface area contributed by atoms with Crippen LogP contribution in [0.2, 0.25) is 0 Å². The number of amides is 3. The minimum Gasteiger partial charge on any atom is -0.465 e. The molecule has 1 atom stereocenters. The van der Waals surface area contributed by atoms with Gasteiger partial charge in [-0.1, -0.05) is 0 Å². The fourth-order valence-electron chi connectivity index (χ4n) is 1.87. The zero-order chi connectivity index (χ0) is 13.5. The van der Waals surface area contributed by atoms with E-state index in [9.17, 15) is 14.4 Å². The second kappa shape index (κ2) is 6.83. The number of primary amides is 1. The third-order valence-corrected chi connectivity index (χ3v) is 2.80. The normalized spacial score (nSPS) is 19.2. The maximum atomic E-state index is 11.7. The predicted molar refractivity (Wildman–Crippen MR) is 63.5 cm³/mol. The van der Waals surface area contributed by atoms with Gasteiger partial charge in [0.1, 0.15) is 6.54 Å². The molecule has 0 aromatic heterocycles. The van der Waals surface area contributed by atoms with Crippen LogP contribution in [0.1, 0.15) is 19.8 Å². The number of hydrogen-bond acceptors (Lipinski definition) is 4. The monoisotopic (exact) mass is 257 g/mol. The topological polar surface area (TPSA) is 102 Å². The Morgan fingerprint density at radius 3 is 2.78 bits per heavy atom. The van der Waals surface area contributed by atoms with E-state index >= 15 is 0 Å². The summed E-state index contributed by atoms with van der Waals surface area (Å²) in [4.78, 5) is 35.4. The van der Waals surface area contributed by atoms with Gasteiger partial charge in [0.05, 0.1) is 12.5 Å². The van der Waals surface area contributed by atoms with Crippen LogP contribution in [0.5, 0.6) is 0 Å². The Balaban J connectivity index is 2.37. The summed E-state index contributed by atoms with van der Waals surface area (Å²) in [7, 11) is 0. The van der Waals surface area contributed by atoms with Crippen molar-refractivity contribution < 1.29 is 19.1 Å². The highest BCUT2D eigenvalue weighted by molar-refractivity contribution is 5.82. The lowest BCUT2D eigenvalue weighted by atomic mass is 9.98. The van der Waals surface area contributed by atoms with Crippen LogP contribution < -0.4 is 11.1 Å². The first-order valence-corrected chi connectivity index (χ1v) is 6.02. The Morgan fingerprint density at radius 2 is 2.17 bits per heavy atom. The van der Waals surface area contributed by atoms with Crippen molar-refractivity contribution in [1.82, 2.24) is 10.2 Å². The van der Waals surface area contributed by atoms with Crippen LogP contribution in [0.15, 0.2) is 0 Å². The lowest BCUT2D eigenvalue weighted by Crippen LogP contribution is -2.49. The molecule has 7 heteroatoms. The number of nitrogens with one attached hydrogen (secondary N) is 1. The van der Waals surface area contributed by atoms with Gasteiger partial charge in [-0.05, 0) is 19.8 Å². The maximum absolute atomic E-state index is 11.7. The lowest BCUT2D eigenvalue weighted by Gasteiger charge is -2.31. The highest BCUT2D eigenvalue weighted by Crippen LogP contribution is 2.15. The van der Waals surface area contributed by atoms with E-state index in [2.05, 4.69) is 5.32 Å². The summed E-state index contributed by atoms with van der Waals surface area (Å²) in [5.41, 5.74) is 5.22. The molecule has 3 amide bonds. The summed E-state index contributed by atoms with van der Waals surface area (Å²) in [6.45, 7) is 2.69. The van der Waals surface area contributed by atoms with Crippen LogP contribution in [0, 0.1) is 5.92 Å². The Morgan fingerprint density at radius 1 is 1.44 bits per heavy atom. The smallest absolute Gasteiger partial charge is 0.325 e. The number of likely N-dealkylation sites (tertiary alicyclic amines) is 1. The van der Waals surface area contributed by atoms with Crippen LogP contribution in [0.3, 0.4) is 0 Å². The van der Waals surface area contributed by atoms with Crippen LogP contribution in [-0.2, 0) is 14.3 Å². The fourth-order valence-corrected chi connectivity index (χ4v) is 1.87. The van der Waals surface area contributed by atoms with Gasteiger partial charge in [-0.3, -0.25) is 9.59 Å². The Labute approximate surface area is 106 Å². The van der Waals surface area contributed by atoms with Crippen LogP contribution >= 0.6 is 0 Å². The van der Waals surface area contributed by atoms with Gasteiger partial charge >= 0.3 is 12.0 Å². The first-order valence-electron chi connectivity index (χ1n) is 6.02. The van der Waals surface area contributed by atoms with Crippen LogP contribution in [0.25, 0.3) is 0 Å². The maximum Gasteiger partial charge on any atom is 0.325 e. The van der Waals surface area contributed by atoms with Gasteiger partial charge in [0.15, 0.2) is 0 Å². The number of carbonyl (C=O) groups is 3. The molecule has 1 rings (SSSR count). The highest BCUT2D eigenvalue weighted by atomic mass is 16.5. The number of esters is 1. The van der Waals surface area contributed by atoms with Gasteiger partial charge in [0, 0.05) is 13.1 Å². The molecule has 0 saturated carbocycles. The van der Waals surface area contributed by atoms with E-state index in [-0.39, 0.29) is 25.1 Å². The van der Waals surface area contributed by atoms with Crippen molar-refractivity contribution in [2.24, 2.45) is 11.7 Å². The third-order valence-electron chi connectivity index (χ3n) is 2.80. The van der Waals surface area contributed by atoms with Gasteiger partial charge in [-0.2, -0.15) is 0 Å². The second-order valence-corrected chi connectivity index (χ2v) is 4.15. The minimum absolute atomic E-state index is 0.162. The average molecular weight is 257 g/mol. The zero-order valence-electron chi connectivity index (χ0n) is 10.5. The Bertz CT molecular complexity index is 332. The molecule has 0 radical (unpaired) electrons. The molecule has 102 valence electrons. The van der Waals surface area contributed by atoms with E-state index < -0.39 is 11.9 Å². The number of rotatable bonds is 4. The Hall–Kier alpha value is -1.79. The molecule has 0 spiro atoms. The van der Waals surface area contributed by atoms with Crippen LogP contribution in [0.4, 0.5) is 4.79 Å². The van der Waals surface area contributed by atoms with Gasteiger partial charge in [0.25, 0.3) is 0 Å². The molecule has 7 nitrogen and oxygen atoms in total. The van der Waals surface area contributed by atoms with Crippen molar-refractivity contribution in [3.8, 4) is 0 Å². The number of nitrogens with zero attached hydrogens (tertiary/aromatic N) is 1. The first-order chi connectivity index (χ1) is 8.54. The van der Waals surface area contributed by atoms with E-state index in [4.69, 9.17) is 10.5 Å². The number of carbonyl (C=O) groups excluding carboxylic acids is 3. The standard InChI is InChI=1S/C11H19N3O4/c1-2-18-9(15)6-13-11(17)14-5-3-4-8(7-14)10(12)16/h8H,2-7H2,1H3,(H2,12,16)(H,13,17). The quantitative estimate of drug-likeness (QED) is 0.660. The molecule has 1 fully saturated rings. The Kier molecular flexibility index (Phi) is 5.41. The second-order valence-electron chi connectivity index (χ2n) is 4.15. The SMILES string of the molecule is CCOC(=O)CNC(=O)N1CCCC(C(N)=O)C1. The summed E-state index contributed by atoms with van der Waals surface area (Å²) in [6.07, 6.45) is 1.44. The number of urea groups is 1. The fraction of sp³-hybridized carbons (Fsp3) is 0.727. The largest absolute Gasteiger partial charge is 0.465 e. The molecule has 1 unspecified atom stereocenters. The van der Waals surface area contributed by atoms with E-state index in [0.29, 0.717) is 19.5 Å². The van der Waals surface area contributed by atoms with E-state index in [1.165, 1.54) is 4.90 Å². The van der Waals surface area contributed by atoms with Gasteiger partial charge in [-0.15, -0.1) is 0 Å². The number of hydrogen-bond donors (Lipinski definition) is 2. The predicted octanol–water partition coefficient (Wildman–Crippen LogP) is -0.544. The summed E-state index contributed by atoms with van der Waals surface area (Å²) < 4.78 is 4.69. The molecule has 1 heterocycles. The van der Waals surface area contributed by atoms with Crippen molar-refractivity contribution in [3.63, 3.8) is 0 Å². The van der Waals surface area contributed by atoms with Crippen LogP contribution in [-0.4, -0.2) is 49.0 Å². The number of ether oxygens (including phenoxy) is 1. The summed E-state index contributed by atoms with van der Waals surface area (Å²) in [5, 5.41) is 2.46. The molecule has 0 aromatic carbocycles. The van der Waals surface area contributed by atoms with Gasteiger partial charge in [-0.25, -0.2) is 4.79 Å². The lowest BCUT2D eigenvalue weighted by molar-refractivity contribution is -0.141.